The summed E-state index contributed by atoms with van der Waals surface area (Å²) in [7, 11) is 1.41. The minimum atomic E-state index is -0.451. The number of nitrogens with zero attached hydrogens (tertiary/aromatic N) is 3. The van der Waals surface area contributed by atoms with E-state index in [2.05, 4.69) is 15.5 Å². The van der Waals surface area contributed by atoms with Gasteiger partial charge in [0.2, 0.25) is 0 Å². The van der Waals surface area contributed by atoms with Crippen molar-refractivity contribution in [2.45, 2.75) is 0 Å². The van der Waals surface area contributed by atoms with E-state index in [1.54, 1.807) is 29.3 Å². The van der Waals surface area contributed by atoms with Gasteiger partial charge in [-0.15, -0.1) is 0 Å². The Kier molecular flexibility index (Phi) is 6.72. The molecule has 1 aliphatic heterocycles. The number of carbonyl (C=O) groups is 1. The molecule has 0 bridgehead atoms. The van der Waals surface area contributed by atoms with Gasteiger partial charge in [-0.25, -0.2) is 9.37 Å². The Balaban J connectivity index is 1.44. The van der Waals surface area contributed by atoms with Gasteiger partial charge in [-0.3, -0.25) is 10.2 Å². The number of anilines is 1. The minimum absolute atomic E-state index is 0.00325. The van der Waals surface area contributed by atoms with E-state index in [0.29, 0.717) is 43.2 Å². The van der Waals surface area contributed by atoms with Gasteiger partial charge in [-0.1, -0.05) is 18.2 Å². The normalized spacial score (nSPS) is 13.9. The topological polar surface area (TPSA) is 76.0 Å². The highest BCUT2D eigenvalue weighted by atomic mass is 19.1. The van der Waals surface area contributed by atoms with Crippen LogP contribution in [0.1, 0.15) is 15.9 Å². The maximum absolute atomic E-state index is 13.7. The van der Waals surface area contributed by atoms with Crippen LogP contribution < -0.4 is 10.2 Å². The van der Waals surface area contributed by atoms with Crippen molar-refractivity contribution in [1.29, 1.82) is 0 Å². The number of morpholine rings is 1. The average Bonchev–Trinajstić information content (AvgIpc) is 2.85. The summed E-state index contributed by atoms with van der Waals surface area (Å²) in [5.41, 5.74) is 5.75. The predicted molar refractivity (Wildman–Crippen MR) is 121 cm³/mol. The number of hydrazone groups is 1. The van der Waals surface area contributed by atoms with Gasteiger partial charge in [-0.05, 0) is 42.0 Å². The quantitative estimate of drug-likeness (QED) is 0.472. The minimum Gasteiger partial charge on any atom is -0.493 e. The molecule has 4 rings (SSSR count). The highest BCUT2D eigenvalue weighted by Crippen LogP contribution is 2.23. The molecule has 0 unspecified atom stereocenters. The number of para-hydroxylation sites is 1. The van der Waals surface area contributed by atoms with Gasteiger partial charge < -0.3 is 14.4 Å². The fourth-order valence-electron chi connectivity index (χ4n) is 3.42. The molecule has 1 aromatic heterocycles. The zero-order valence-electron chi connectivity index (χ0n) is 17.6. The van der Waals surface area contributed by atoms with E-state index in [9.17, 15) is 9.18 Å². The van der Waals surface area contributed by atoms with Crippen molar-refractivity contribution in [3.05, 3.63) is 77.7 Å². The molecule has 0 spiro atoms. The Hall–Kier alpha value is -3.78. The number of halogens is 1. The molecule has 0 saturated carbocycles. The third-order valence-corrected chi connectivity index (χ3v) is 5.09. The van der Waals surface area contributed by atoms with Crippen LogP contribution >= 0.6 is 0 Å². The first-order valence-electron chi connectivity index (χ1n) is 10.2. The largest absolute Gasteiger partial charge is 0.493 e. The highest BCUT2D eigenvalue weighted by Gasteiger charge is 2.18. The van der Waals surface area contributed by atoms with Gasteiger partial charge in [0.05, 0.1) is 26.5 Å². The number of benzene rings is 2. The lowest BCUT2D eigenvalue weighted by molar-refractivity contribution is 0.0303. The Morgan fingerprint density at radius 1 is 1.16 bits per heavy atom. The molecule has 1 amide bonds. The number of pyridine rings is 1. The van der Waals surface area contributed by atoms with Crippen LogP contribution in [-0.2, 0) is 4.74 Å². The number of methoxy groups -OCH3 is 1. The van der Waals surface area contributed by atoms with Crippen molar-refractivity contribution >= 4 is 17.9 Å². The van der Waals surface area contributed by atoms with Gasteiger partial charge >= 0.3 is 0 Å². The van der Waals surface area contributed by atoms with Crippen LogP contribution in [0, 0.1) is 5.82 Å². The lowest BCUT2D eigenvalue weighted by Gasteiger charge is -2.27. The van der Waals surface area contributed by atoms with Gasteiger partial charge in [0, 0.05) is 36.0 Å². The van der Waals surface area contributed by atoms with E-state index >= 15 is 0 Å². The number of rotatable bonds is 6. The van der Waals surface area contributed by atoms with Crippen molar-refractivity contribution in [1.82, 2.24) is 9.88 Å². The summed E-state index contributed by atoms with van der Waals surface area (Å²) in [4.78, 5) is 18.9. The van der Waals surface area contributed by atoms with Crippen LogP contribution in [0.3, 0.4) is 0 Å². The van der Waals surface area contributed by atoms with E-state index in [1.807, 2.05) is 30.3 Å². The molecule has 3 aromatic rings. The molecule has 1 saturated heterocycles. The SMILES string of the molecule is COc1c(F)cccc1/C=N/Nc1ccc(-c2cccc(C(=O)N3CCOCC3)c2)cn1. The Morgan fingerprint density at radius 3 is 2.72 bits per heavy atom. The summed E-state index contributed by atoms with van der Waals surface area (Å²) in [5, 5.41) is 4.11. The zero-order chi connectivity index (χ0) is 22.3. The first kappa shape index (κ1) is 21.5. The molecule has 1 fully saturated rings. The summed E-state index contributed by atoms with van der Waals surface area (Å²) in [6, 6.07) is 15.8. The van der Waals surface area contributed by atoms with E-state index in [4.69, 9.17) is 9.47 Å². The molecule has 1 aliphatic rings. The van der Waals surface area contributed by atoms with Gasteiger partial charge in [0.25, 0.3) is 5.91 Å². The summed E-state index contributed by atoms with van der Waals surface area (Å²) in [6.45, 7) is 2.34. The smallest absolute Gasteiger partial charge is 0.254 e. The summed E-state index contributed by atoms with van der Waals surface area (Å²) >= 11 is 0. The second kappa shape index (κ2) is 10.0. The molecule has 32 heavy (non-hydrogen) atoms. The number of hydrogen-bond acceptors (Lipinski definition) is 6. The molecule has 0 radical (unpaired) electrons. The van der Waals surface area contributed by atoms with Crippen LogP contribution in [0.2, 0.25) is 0 Å². The number of nitrogens with one attached hydrogen (secondary N) is 1. The third-order valence-electron chi connectivity index (χ3n) is 5.09. The molecule has 8 heteroatoms. The van der Waals surface area contributed by atoms with Crippen LogP contribution in [-0.4, -0.2) is 55.4 Å². The van der Waals surface area contributed by atoms with E-state index in [0.717, 1.165) is 11.1 Å². The molecule has 164 valence electrons. The molecule has 7 nitrogen and oxygen atoms in total. The number of hydrogen-bond donors (Lipinski definition) is 1. The van der Waals surface area contributed by atoms with E-state index in [1.165, 1.54) is 19.4 Å². The number of ether oxygens (including phenoxy) is 2. The molecule has 2 heterocycles. The van der Waals surface area contributed by atoms with Crippen molar-refractivity contribution in [2.24, 2.45) is 5.10 Å². The lowest BCUT2D eigenvalue weighted by Crippen LogP contribution is -2.40. The first-order chi connectivity index (χ1) is 15.7. The number of carbonyl (C=O) groups excluding carboxylic acids is 1. The first-order valence-corrected chi connectivity index (χ1v) is 10.2. The fourth-order valence-corrected chi connectivity index (χ4v) is 3.42. The predicted octanol–water partition coefficient (Wildman–Crippen LogP) is 3.81. The molecule has 0 atom stereocenters. The van der Waals surface area contributed by atoms with Gasteiger partial charge in [0.1, 0.15) is 5.82 Å². The maximum Gasteiger partial charge on any atom is 0.254 e. The Morgan fingerprint density at radius 2 is 1.97 bits per heavy atom. The molecule has 0 aliphatic carbocycles. The molecule has 1 N–H and O–H groups in total. The standard InChI is InChI=1S/C24H23FN4O3/c1-31-23-20(6-3-7-21(23)25)16-27-28-22-9-8-19(15-26-22)17-4-2-5-18(14-17)24(30)29-10-12-32-13-11-29/h2-9,14-16H,10-13H2,1H3,(H,26,28)/b27-16+. The average molecular weight is 434 g/mol. The Bertz CT molecular complexity index is 1110. The van der Waals surface area contributed by atoms with Crippen LogP contribution in [0.25, 0.3) is 11.1 Å². The van der Waals surface area contributed by atoms with Gasteiger partial charge in [0.15, 0.2) is 11.6 Å². The van der Waals surface area contributed by atoms with Crippen molar-refractivity contribution in [2.75, 3.05) is 38.8 Å². The number of aromatic nitrogens is 1. The van der Waals surface area contributed by atoms with Crippen molar-refractivity contribution < 1.29 is 18.7 Å². The van der Waals surface area contributed by atoms with Crippen molar-refractivity contribution in [3.8, 4) is 16.9 Å². The monoisotopic (exact) mass is 434 g/mol. The van der Waals surface area contributed by atoms with Crippen molar-refractivity contribution in [3.63, 3.8) is 0 Å². The Labute approximate surface area is 185 Å². The molecular formula is C24H23FN4O3. The highest BCUT2D eigenvalue weighted by molar-refractivity contribution is 5.95. The zero-order valence-corrected chi connectivity index (χ0v) is 17.6. The molecular weight excluding hydrogens is 411 g/mol. The van der Waals surface area contributed by atoms with E-state index < -0.39 is 5.82 Å². The second-order valence-corrected chi connectivity index (χ2v) is 7.15. The number of amides is 1. The second-order valence-electron chi connectivity index (χ2n) is 7.15. The summed E-state index contributed by atoms with van der Waals surface area (Å²) < 4.78 is 24.1. The molecule has 2 aromatic carbocycles. The van der Waals surface area contributed by atoms with Crippen LogP contribution in [0.5, 0.6) is 5.75 Å². The summed E-state index contributed by atoms with van der Waals surface area (Å²) in [6.07, 6.45) is 3.18. The maximum atomic E-state index is 13.7. The summed E-state index contributed by atoms with van der Waals surface area (Å²) in [5.74, 6) is 0.213. The lowest BCUT2D eigenvalue weighted by atomic mass is 10.0. The fraction of sp³-hybridized carbons (Fsp3) is 0.208. The van der Waals surface area contributed by atoms with Crippen LogP contribution in [0.15, 0.2) is 65.9 Å². The van der Waals surface area contributed by atoms with Crippen LogP contribution in [0.4, 0.5) is 10.2 Å². The van der Waals surface area contributed by atoms with E-state index in [-0.39, 0.29) is 11.7 Å². The third kappa shape index (κ3) is 4.92. The van der Waals surface area contributed by atoms with Gasteiger partial charge in [-0.2, -0.15) is 5.10 Å².